The van der Waals surface area contributed by atoms with Crippen LogP contribution in [0.3, 0.4) is 0 Å². The molecule has 0 aromatic carbocycles. The van der Waals surface area contributed by atoms with Crippen molar-refractivity contribution in [2.45, 2.75) is 33.2 Å². The van der Waals surface area contributed by atoms with E-state index in [2.05, 4.69) is 10.2 Å². The van der Waals surface area contributed by atoms with Crippen molar-refractivity contribution in [2.75, 3.05) is 11.4 Å². The van der Waals surface area contributed by atoms with Crippen LogP contribution in [0.1, 0.15) is 25.6 Å². The Bertz CT molecular complexity index is 358. The lowest BCUT2D eigenvalue weighted by atomic mass is 10.3. The van der Waals surface area contributed by atoms with Crippen LogP contribution in [0.25, 0.3) is 0 Å². The number of rotatable bonds is 0. The summed E-state index contributed by atoms with van der Waals surface area (Å²) >= 11 is 0. The van der Waals surface area contributed by atoms with Crippen molar-refractivity contribution in [1.29, 1.82) is 0 Å². The maximum Gasteiger partial charge on any atom is 0.233 e. The zero-order valence-electron chi connectivity index (χ0n) is 8.53. The number of carbonyl (C=O) groups is 1. The molecule has 0 bridgehead atoms. The van der Waals surface area contributed by atoms with E-state index in [-0.39, 0.29) is 5.91 Å². The van der Waals surface area contributed by atoms with E-state index in [0.717, 1.165) is 31.8 Å². The second kappa shape index (κ2) is 3.40. The Kier molecular flexibility index (Phi) is 2.23. The van der Waals surface area contributed by atoms with Gasteiger partial charge in [-0.25, -0.2) is 0 Å². The van der Waals surface area contributed by atoms with Crippen molar-refractivity contribution in [3.8, 4) is 0 Å². The molecule has 5 heteroatoms. The van der Waals surface area contributed by atoms with Gasteiger partial charge in [-0.2, -0.15) is 0 Å². The van der Waals surface area contributed by atoms with Crippen LogP contribution >= 0.6 is 0 Å². The summed E-state index contributed by atoms with van der Waals surface area (Å²) in [5.41, 5.74) is 0. The predicted octanol–water partition coefficient (Wildman–Crippen LogP) is 0.733. The molecule has 0 atom stereocenters. The highest BCUT2D eigenvalue weighted by Crippen LogP contribution is 2.18. The van der Waals surface area contributed by atoms with Gasteiger partial charge >= 0.3 is 0 Å². The molecule has 0 saturated carbocycles. The number of anilines is 1. The van der Waals surface area contributed by atoms with Crippen LogP contribution in [0.15, 0.2) is 0 Å². The highest BCUT2D eigenvalue weighted by Gasteiger charge is 2.21. The van der Waals surface area contributed by atoms with Crippen LogP contribution in [-0.2, 0) is 11.3 Å². The van der Waals surface area contributed by atoms with Crippen molar-refractivity contribution in [1.82, 2.24) is 14.8 Å². The molecule has 0 N–H and O–H groups in total. The van der Waals surface area contributed by atoms with E-state index >= 15 is 0 Å². The highest BCUT2D eigenvalue weighted by molar-refractivity contribution is 5.89. The number of carbonyl (C=O) groups excluding carboxylic acids is 1. The molecule has 0 fully saturated rings. The number of aromatic nitrogens is 3. The molecular formula is C9H14N4O. The van der Waals surface area contributed by atoms with Crippen LogP contribution in [0.4, 0.5) is 5.95 Å². The second-order valence-corrected chi connectivity index (χ2v) is 3.58. The zero-order chi connectivity index (χ0) is 10.1. The van der Waals surface area contributed by atoms with Crippen molar-refractivity contribution >= 4 is 11.9 Å². The second-order valence-electron chi connectivity index (χ2n) is 3.58. The standard InChI is InChI=1S/C9H14N4O/c1-7-10-11-9-12(7)5-3-4-6-13(9)8(2)14/h3-6H2,1-2H3. The van der Waals surface area contributed by atoms with Crippen molar-refractivity contribution < 1.29 is 4.79 Å². The quantitative estimate of drug-likeness (QED) is 0.612. The largest absolute Gasteiger partial charge is 0.297 e. The van der Waals surface area contributed by atoms with Gasteiger partial charge in [0, 0.05) is 20.0 Å². The molecule has 0 unspecified atom stereocenters. The minimum atomic E-state index is 0.0422. The zero-order valence-corrected chi connectivity index (χ0v) is 8.53. The number of aryl methyl sites for hydroxylation is 1. The summed E-state index contributed by atoms with van der Waals surface area (Å²) < 4.78 is 2.01. The lowest BCUT2D eigenvalue weighted by molar-refractivity contribution is -0.116. The average molecular weight is 194 g/mol. The summed E-state index contributed by atoms with van der Waals surface area (Å²) in [5, 5.41) is 8.03. The molecule has 1 aliphatic heterocycles. The molecule has 76 valence electrons. The Morgan fingerprint density at radius 1 is 1.29 bits per heavy atom. The Labute approximate surface area is 82.7 Å². The summed E-state index contributed by atoms with van der Waals surface area (Å²) in [6.45, 7) is 5.16. The van der Waals surface area contributed by atoms with Gasteiger partial charge in [-0.1, -0.05) is 0 Å². The SMILES string of the molecule is CC(=O)N1CCCCn2c(C)nnc21. The molecule has 2 heterocycles. The maximum absolute atomic E-state index is 11.4. The van der Waals surface area contributed by atoms with Crippen LogP contribution in [0.5, 0.6) is 0 Å². The van der Waals surface area contributed by atoms with E-state index in [1.54, 1.807) is 11.8 Å². The number of hydrogen-bond acceptors (Lipinski definition) is 3. The Morgan fingerprint density at radius 2 is 2.00 bits per heavy atom. The third-order valence-electron chi connectivity index (χ3n) is 2.55. The van der Waals surface area contributed by atoms with E-state index in [1.807, 2.05) is 11.5 Å². The van der Waals surface area contributed by atoms with Gasteiger partial charge < -0.3 is 0 Å². The molecule has 0 radical (unpaired) electrons. The summed E-state index contributed by atoms with van der Waals surface area (Å²) in [6.07, 6.45) is 2.11. The van der Waals surface area contributed by atoms with Crippen molar-refractivity contribution in [3.63, 3.8) is 0 Å². The Balaban J connectivity index is 2.42. The van der Waals surface area contributed by atoms with E-state index in [9.17, 15) is 4.79 Å². The normalized spacial score (nSPS) is 16.3. The van der Waals surface area contributed by atoms with Crippen molar-refractivity contribution in [2.24, 2.45) is 0 Å². The van der Waals surface area contributed by atoms with E-state index < -0.39 is 0 Å². The molecule has 5 nitrogen and oxygen atoms in total. The molecule has 1 aliphatic rings. The summed E-state index contributed by atoms with van der Waals surface area (Å²) in [6, 6.07) is 0. The van der Waals surface area contributed by atoms with Gasteiger partial charge in [0.15, 0.2) is 0 Å². The number of fused-ring (bicyclic) bond motifs is 1. The maximum atomic E-state index is 11.4. The minimum Gasteiger partial charge on any atom is -0.297 e. The van der Waals surface area contributed by atoms with Gasteiger partial charge in [0.05, 0.1) is 0 Å². The molecule has 0 aliphatic carbocycles. The smallest absolute Gasteiger partial charge is 0.233 e. The van der Waals surface area contributed by atoms with Crippen LogP contribution in [-0.4, -0.2) is 27.2 Å². The predicted molar refractivity (Wildman–Crippen MR) is 52.0 cm³/mol. The molecular weight excluding hydrogens is 180 g/mol. The van der Waals surface area contributed by atoms with Gasteiger partial charge in [0.2, 0.25) is 11.9 Å². The van der Waals surface area contributed by atoms with E-state index in [1.165, 1.54) is 0 Å². The molecule has 0 saturated heterocycles. The molecule has 14 heavy (non-hydrogen) atoms. The number of nitrogens with zero attached hydrogens (tertiary/aromatic N) is 4. The Morgan fingerprint density at radius 3 is 2.71 bits per heavy atom. The molecule has 0 spiro atoms. The van der Waals surface area contributed by atoms with Gasteiger partial charge in [-0.05, 0) is 19.8 Å². The number of amides is 1. The van der Waals surface area contributed by atoms with Gasteiger partial charge in [0.1, 0.15) is 5.82 Å². The average Bonchev–Trinajstić information content (AvgIpc) is 2.38. The van der Waals surface area contributed by atoms with E-state index in [4.69, 9.17) is 0 Å². The number of hydrogen-bond donors (Lipinski definition) is 0. The van der Waals surface area contributed by atoms with Crippen LogP contribution in [0.2, 0.25) is 0 Å². The van der Waals surface area contributed by atoms with Gasteiger partial charge in [-0.3, -0.25) is 14.3 Å². The first-order chi connectivity index (χ1) is 6.70. The monoisotopic (exact) mass is 194 g/mol. The third-order valence-corrected chi connectivity index (χ3v) is 2.55. The van der Waals surface area contributed by atoms with Gasteiger partial charge in [-0.15, -0.1) is 10.2 Å². The molecule has 1 aromatic heterocycles. The molecule has 1 aromatic rings. The summed E-state index contributed by atoms with van der Waals surface area (Å²) in [5.74, 6) is 1.63. The minimum absolute atomic E-state index is 0.0422. The molecule has 1 amide bonds. The first-order valence-corrected chi connectivity index (χ1v) is 4.88. The van der Waals surface area contributed by atoms with Crippen LogP contribution < -0.4 is 4.90 Å². The highest BCUT2D eigenvalue weighted by atomic mass is 16.2. The fraction of sp³-hybridized carbons (Fsp3) is 0.667. The summed E-state index contributed by atoms with van der Waals surface area (Å²) in [7, 11) is 0. The fourth-order valence-electron chi connectivity index (χ4n) is 1.77. The summed E-state index contributed by atoms with van der Waals surface area (Å²) in [4.78, 5) is 13.1. The molecule has 2 rings (SSSR count). The Hall–Kier alpha value is -1.39. The first kappa shape index (κ1) is 9.18. The first-order valence-electron chi connectivity index (χ1n) is 4.88. The third kappa shape index (κ3) is 1.38. The van der Waals surface area contributed by atoms with Crippen LogP contribution in [0, 0.1) is 6.92 Å². The topological polar surface area (TPSA) is 51.0 Å². The fourth-order valence-corrected chi connectivity index (χ4v) is 1.77. The van der Waals surface area contributed by atoms with E-state index in [0.29, 0.717) is 5.95 Å². The van der Waals surface area contributed by atoms with Crippen molar-refractivity contribution in [3.05, 3.63) is 5.82 Å². The lowest BCUT2D eigenvalue weighted by Gasteiger charge is -2.16. The lowest BCUT2D eigenvalue weighted by Crippen LogP contribution is -2.30. The van der Waals surface area contributed by atoms with Gasteiger partial charge in [0.25, 0.3) is 0 Å².